The second-order valence-electron chi connectivity index (χ2n) is 4.64. The summed E-state index contributed by atoms with van der Waals surface area (Å²) in [6.07, 6.45) is 10.2. The van der Waals surface area contributed by atoms with Crippen LogP contribution in [-0.2, 0) is 6.54 Å². The van der Waals surface area contributed by atoms with E-state index in [0.717, 1.165) is 12.5 Å². The quantitative estimate of drug-likeness (QED) is 0.714. The number of aryl methyl sites for hydroxylation is 1. The van der Waals surface area contributed by atoms with Crippen molar-refractivity contribution in [3.63, 3.8) is 0 Å². The zero-order chi connectivity index (χ0) is 9.54. The fraction of sp³-hybridized carbons (Fsp3) is 0.727. The third kappa shape index (κ3) is 1.51. The number of aromatic nitrogens is 2. The fourth-order valence-electron chi connectivity index (χ4n) is 1.96. The zero-order valence-corrected chi connectivity index (χ0v) is 8.35. The Hall–Kier alpha value is -0.990. The molecule has 0 amide bonds. The van der Waals surface area contributed by atoms with Crippen molar-refractivity contribution >= 4 is 0 Å². The first-order valence-electron chi connectivity index (χ1n) is 5.62. The Kier molecular flexibility index (Phi) is 1.79. The molecule has 3 rings (SSSR count). The van der Waals surface area contributed by atoms with Crippen LogP contribution >= 0.6 is 0 Å². The van der Waals surface area contributed by atoms with Crippen molar-refractivity contribution in [3.05, 3.63) is 22.9 Å². The van der Waals surface area contributed by atoms with Crippen molar-refractivity contribution in [2.45, 2.75) is 44.7 Å². The SMILES string of the molecule is O=c1n(CCC2CC2)ccn1C1CC1. The van der Waals surface area contributed by atoms with Gasteiger partial charge in [-0.1, -0.05) is 12.8 Å². The van der Waals surface area contributed by atoms with E-state index in [4.69, 9.17) is 0 Å². The first-order valence-corrected chi connectivity index (χ1v) is 5.62. The molecule has 1 aromatic heterocycles. The van der Waals surface area contributed by atoms with Crippen LogP contribution in [0.1, 0.15) is 38.1 Å². The highest BCUT2D eigenvalue weighted by molar-refractivity contribution is 4.91. The lowest BCUT2D eigenvalue weighted by Gasteiger charge is -1.99. The molecule has 0 atom stereocenters. The van der Waals surface area contributed by atoms with Gasteiger partial charge in [0.1, 0.15) is 0 Å². The molecule has 2 aliphatic carbocycles. The molecular weight excluding hydrogens is 176 g/mol. The molecule has 0 N–H and O–H groups in total. The predicted molar refractivity (Wildman–Crippen MR) is 54.3 cm³/mol. The minimum Gasteiger partial charge on any atom is -0.299 e. The Bertz CT molecular complexity index is 382. The lowest BCUT2D eigenvalue weighted by Crippen LogP contribution is -2.23. The molecule has 0 radical (unpaired) electrons. The molecular formula is C11H16N2O. The maximum Gasteiger partial charge on any atom is 0.328 e. The minimum atomic E-state index is 0.202. The second-order valence-corrected chi connectivity index (χ2v) is 4.64. The Morgan fingerprint density at radius 3 is 2.64 bits per heavy atom. The smallest absolute Gasteiger partial charge is 0.299 e. The minimum absolute atomic E-state index is 0.202. The normalized spacial score (nSPS) is 21.4. The van der Waals surface area contributed by atoms with Crippen molar-refractivity contribution in [1.82, 2.24) is 9.13 Å². The van der Waals surface area contributed by atoms with Crippen LogP contribution in [0.2, 0.25) is 0 Å². The summed E-state index contributed by atoms with van der Waals surface area (Å²) in [4.78, 5) is 11.8. The average molecular weight is 192 g/mol. The molecule has 2 aliphatic rings. The summed E-state index contributed by atoms with van der Waals surface area (Å²) in [6, 6.07) is 0.518. The highest BCUT2D eigenvalue weighted by Crippen LogP contribution is 2.34. The lowest BCUT2D eigenvalue weighted by molar-refractivity contribution is 0.563. The van der Waals surface area contributed by atoms with Gasteiger partial charge in [-0.2, -0.15) is 0 Å². The van der Waals surface area contributed by atoms with E-state index in [9.17, 15) is 4.79 Å². The molecule has 0 aromatic carbocycles. The summed E-state index contributed by atoms with van der Waals surface area (Å²) < 4.78 is 3.77. The maximum atomic E-state index is 11.8. The predicted octanol–water partition coefficient (Wildman–Crippen LogP) is 1.78. The molecule has 1 heterocycles. The Morgan fingerprint density at radius 2 is 2.00 bits per heavy atom. The molecule has 2 saturated carbocycles. The fourth-order valence-corrected chi connectivity index (χ4v) is 1.96. The molecule has 0 aliphatic heterocycles. The number of hydrogen-bond acceptors (Lipinski definition) is 1. The number of hydrogen-bond donors (Lipinski definition) is 0. The summed E-state index contributed by atoms with van der Waals surface area (Å²) in [5.41, 5.74) is 0.202. The van der Waals surface area contributed by atoms with E-state index >= 15 is 0 Å². The third-order valence-corrected chi connectivity index (χ3v) is 3.29. The second kappa shape index (κ2) is 3.01. The van der Waals surface area contributed by atoms with Gasteiger partial charge in [0.2, 0.25) is 0 Å². The van der Waals surface area contributed by atoms with Crippen LogP contribution in [0.15, 0.2) is 17.2 Å². The van der Waals surface area contributed by atoms with E-state index < -0.39 is 0 Å². The van der Waals surface area contributed by atoms with Gasteiger partial charge in [-0.15, -0.1) is 0 Å². The molecule has 3 heteroatoms. The van der Waals surface area contributed by atoms with Crippen molar-refractivity contribution in [2.24, 2.45) is 5.92 Å². The van der Waals surface area contributed by atoms with E-state index in [1.54, 1.807) is 0 Å². The summed E-state index contributed by atoms with van der Waals surface area (Å²) in [5.74, 6) is 0.908. The summed E-state index contributed by atoms with van der Waals surface area (Å²) in [5, 5.41) is 0. The van der Waals surface area contributed by atoms with Gasteiger partial charge in [0.25, 0.3) is 0 Å². The summed E-state index contributed by atoms with van der Waals surface area (Å²) in [6.45, 7) is 0.920. The van der Waals surface area contributed by atoms with Crippen molar-refractivity contribution in [1.29, 1.82) is 0 Å². The topological polar surface area (TPSA) is 26.9 Å². The van der Waals surface area contributed by atoms with Gasteiger partial charge in [0, 0.05) is 25.0 Å². The van der Waals surface area contributed by atoms with Crippen molar-refractivity contribution < 1.29 is 0 Å². The summed E-state index contributed by atoms with van der Waals surface area (Å²) in [7, 11) is 0. The maximum absolute atomic E-state index is 11.8. The molecule has 0 bridgehead atoms. The Balaban J connectivity index is 1.73. The highest BCUT2D eigenvalue weighted by atomic mass is 16.1. The summed E-state index contributed by atoms with van der Waals surface area (Å²) >= 11 is 0. The third-order valence-electron chi connectivity index (χ3n) is 3.29. The number of nitrogens with zero attached hydrogens (tertiary/aromatic N) is 2. The van der Waals surface area contributed by atoms with Crippen LogP contribution < -0.4 is 5.69 Å². The molecule has 76 valence electrons. The molecule has 0 spiro atoms. The molecule has 0 unspecified atom stereocenters. The molecule has 0 saturated heterocycles. The monoisotopic (exact) mass is 192 g/mol. The van der Waals surface area contributed by atoms with E-state index in [1.807, 2.05) is 21.5 Å². The van der Waals surface area contributed by atoms with Crippen LogP contribution in [0.5, 0.6) is 0 Å². The Morgan fingerprint density at radius 1 is 1.21 bits per heavy atom. The lowest BCUT2D eigenvalue weighted by atomic mass is 10.3. The number of rotatable bonds is 4. The standard InChI is InChI=1S/C11H16N2O/c14-11-12(6-5-9-1-2-9)7-8-13(11)10-3-4-10/h7-10H,1-6H2. The molecule has 14 heavy (non-hydrogen) atoms. The molecule has 2 fully saturated rings. The van der Waals surface area contributed by atoms with Gasteiger partial charge < -0.3 is 0 Å². The van der Waals surface area contributed by atoms with Crippen LogP contribution in [-0.4, -0.2) is 9.13 Å². The van der Waals surface area contributed by atoms with Gasteiger partial charge in [-0.25, -0.2) is 4.79 Å². The largest absolute Gasteiger partial charge is 0.328 e. The van der Waals surface area contributed by atoms with Crippen LogP contribution in [0.25, 0.3) is 0 Å². The van der Waals surface area contributed by atoms with Crippen molar-refractivity contribution in [2.75, 3.05) is 0 Å². The van der Waals surface area contributed by atoms with Gasteiger partial charge in [0.15, 0.2) is 0 Å². The first-order chi connectivity index (χ1) is 6.84. The highest BCUT2D eigenvalue weighted by Gasteiger charge is 2.26. The average Bonchev–Trinajstić information content (AvgIpc) is 3.05. The Labute approximate surface area is 83.3 Å². The van der Waals surface area contributed by atoms with Gasteiger partial charge >= 0.3 is 5.69 Å². The van der Waals surface area contributed by atoms with Gasteiger partial charge in [-0.3, -0.25) is 9.13 Å². The molecule has 3 nitrogen and oxygen atoms in total. The van der Waals surface area contributed by atoms with Crippen LogP contribution in [0, 0.1) is 5.92 Å². The zero-order valence-electron chi connectivity index (χ0n) is 8.35. The van der Waals surface area contributed by atoms with E-state index in [-0.39, 0.29) is 5.69 Å². The van der Waals surface area contributed by atoms with E-state index in [2.05, 4.69) is 0 Å². The van der Waals surface area contributed by atoms with Gasteiger partial charge in [-0.05, 0) is 25.2 Å². The van der Waals surface area contributed by atoms with Crippen LogP contribution in [0.4, 0.5) is 0 Å². The van der Waals surface area contributed by atoms with Crippen LogP contribution in [0.3, 0.4) is 0 Å². The molecule has 1 aromatic rings. The van der Waals surface area contributed by atoms with Crippen molar-refractivity contribution in [3.8, 4) is 0 Å². The first kappa shape index (κ1) is 8.33. The van der Waals surface area contributed by atoms with Gasteiger partial charge in [0.05, 0.1) is 0 Å². The van der Waals surface area contributed by atoms with E-state index in [1.165, 1.54) is 32.1 Å². The van der Waals surface area contributed by atoms with E-state index in [0.29, 0.717) is 6.04 Å². The number of imidazole rings is 1.